The summed E-state index contributed by atoms with van der Waals surface area (Å²) in [7, 11) is -3.44. The molecule has 1 atom stereocenters. The number of carboxylic acid groups (broad SMARTS) is 1. The van der Waals surface area contributed by atoms with E-state index in [9.17, 15) is 23.1 Å². The standard InChI is InChI=1S/C16H23NO5S/c1-4-6-7-14(16(19)20)17-15(18)13-10-12(23(3,21)22)9-8-11(13)5-2/h8-10,14H,4-7H2,1-3H3,(H,17,18)(H,19,20). The SMILES string of the molecule is CCCCC(NC(=O)c1cc(S(C)(=O)=O)ccc1CC)C(=O)O. The molecule has 6 nitrogen and oxygen atoms in total. The average Bonchev–Trinajstić information content (AvgIpc) is 2.49. The smallest absolute Gasteiger partial charge is 0.326 e. The predicted molar refractivity (Wildman–Crippen MR) is 87.3 cm³/mol. The number of rotatable bonds is 8. The third-order valence-corrected chi connectivity index (χ3v) is 4.70. The maximum atomic E-state index is 12.4. The second kappa shape index (κ2) is 8.10. The van der Waals surface area contributed by atoms with Crippen molar-refractivity contribution in [3.05, 3.63) is 29.3 Å². The first-order valence-corrected chi connectivity index (χ1v) is 9.46. The van der Waals surface area contributed by atoms with Gasteiger partial charge in [-0.15, -0.1) is 0 Å². The van der Waals surface area contributed by atoms with Crippen molar-refractivity contribution in [3.63, 3.8) is 0 Å². The lowest BCUT2D eigenvalue weighted by molar-refractivity contribution is -0.139. The van der Waals surface area contributed by atoms with Crippen LogP contribution in [-0.4, -0.2) is 37.7 Å². The normalized spacial score (nSPS) is 12.7. The number of hydrogen-bond acceptors (Lipinski definition) is 4. The maximum absolute atomic E-state index is 12.4. The first-order valence-electron chi connectivity index (χ1n) is 7.57. The van der Waals surface area contributed by atoms with Crippen LogP contribution in [0.1, 0.15) is 49.0 Å². The Morgan fingerprint density at radius 1 is 1.26 bits per heavy atom. The van der Waals surface area contributed by atoms with Crippen LogP contribution >= 0.6 is 0 Å². The second-order valence-electron chi connectivity index (χ2n) is 5.45. The molecule has 1 amide bonds. The summed E-state index contributed by atoms with van der Waals surface area (Å²) in [5, 5.41) is 11.7. The average molecular weight is 341 g/mol. The highest BCUT2D eigenvalue weighted by molar-refractivity contribution is 7.90. The van der Waals surface area contributed by atoms with Gasteiger partial charge in [-0.05, 0) is 30.5 Å². The Hall–Kier alpha value is -1.89. The van der Waals surface area contributed by atoms with E-state index in [2.05, 4.69) is 5.32 Å². The molecule has 1 unspecified atom stereocenters. The van der Waals surface area contributed by atoms with Crippen LogP contribution in [0.4, 0.5) is 0 Å². The summed E-state index contributed by atoms with van der Waals surface area (Å²) in [5.41, 5.74) is 0.882. The molecule has 0 aliphatic rings. The van der Waals surface area contributed by atoms with Crippen molar-refractivity contribution < 1.29 is 23.1 Å². The highest BCUT2D eigenvalue weighted by atomic mass is 32.2. The number of unbranched alkanes of at least 4 members (excludes halogenated alkanes) is 1. The second-order valence-corrected chi connectivity index (χ2v) is 7.47. The minimum atomic E-state index is -3.44. The van der Waals surface area contributed by atoms with Crippen LogP contribution in [-0.2, 0) is 21.1 Å². The fourth-order valence-corrected chi connectivity index (χ4v) is 2.85. The molecule has 0 heterocycles. The third-order valence-electron chi connectivity index (χ3n) is 3.58. The molecule has 7 heteroatoms. The van der Waals surface area contributed by atoms with E-state index >= 15 is 0 Å². The number of sulfone groups is 1. The van der Waals surface area contributed by atoms with Gasteiger partial charge in [-0.2, -0.15) is 0 Å². The van der Waals surface area contributed by atoms with Gasteiger partial charge in [0.05, 0.1) is 4.90 Å². The Morgan fingerprint density at radius 2 is 1.91 bits per heavy atom. The van der Waals surface area contributed by atoms with Crippen molar-refractivity contribution in [2.45, 2.75) is 50.5 Å². The van der Waals surface area contributed by atoms with E-state index in [0.717, 1.165) is 12.7 Å². The minimum absolute atomic E-state index is 0.0419. The lowest BCUT2D eigenvalue weighted by Crippen LogP contribution is -2.41. The van der Waals surface area contributed by atoms with Gasteiger partial charge in [-0.3, -0.25) is 4.79 Å². The quantitative estimate of drug-likeness (QED) is 0.753. The van der Waals surface area contributed by atoms with Crippen LogP contribution in [0.25, 0.3) is 0 Å². The van der Waals surface area contributed by atoms with Gasteiger partial charge in [0.1, 0.15) is 6.04 Å². The van der Waals surface area contributed by atoms with Gasteiger partial charge in [0, 0.05) is 11.8 Å². The van der Waals surface area contributed by atoms with E-state index in [0.29, 0.717) is 24.8 Å². The molecule has 23 heavy (non-hydrogen) atoms. The number of carbonyl (C=O) groups excluding carboxylic acids is 1. The summed E-state index contributed by atoms with van der Waals surface area (Å²) < 4.78 is 23.3. The van der Waals surface area contributed by atoms with Gasteiger partial charge in [0.2, 0.25) is 0 Å². The van der Waals surface area contributed by atoms with E-state index in [1.165, 1.54) is 12.1 Å². The van der Waals surface area contributed by atoms with Gasteiger partial charge in [0.15, 0.2) is 9.84 Å². The van der Waals surface area contributed by atoms with Crippen LogP contribution in [0, 0.1) is 0 Å². The van der Waals surface area contributed by atoms with Crippen molar-refractivity contribution in [2.75, 3.05) is 6.26 Å². The van der Waals surface area contributed by atoms with E-state index < -0.39 is 27.8 Å². The number of amides is 1. The number of hydrogen-bond donors (Lipinski definition) is 2. The number of aliphatic carboxylic acids is 1. The van der Waals surface area contributed by atoms with E-state index in [1.807, 2.05) is 13.8 Å². The molecule has 2 N–H and O–H groups in total. The zero-order valence-corrected chi connectivity index (χ0v) is 14.4. The van der Waals surface area contributed by atoms with Crippen molar-refractivity contribution in [1.29, 1.82) is 0 Å². The Bertz CT molecular complexity index is 682. The van der Waals surface area contributed by atoms with Crippen molar-refractivity contribution in [1.82, 2.24) is 5.32 Å². The zero-order chi connectivity index (χ0) is 17.6. The molecule has 0 aliphatic heterocycles. The number of carboxylic acids is 1. The first-order chi connectivity index (χ1) is 10.7. The lowest BCUT2D eigenvalue weighted by atomic mass is 10.0. The van der Waals surface area contributed by atoms with Crippen LogP contribution < -0.4 is 5.32 Å². The molecule has 0 bridgehead atoms. The van der Waals surface area contributed by atoms with Gasteiger partial charge in [0.25, 0.3) is 5.91 Å². The molecule has 0 fully saturated rings. The molecular formula is C16H23NO5S. The highest BCUT2D eigenvalue weighted by Crippen LogP contribution is 2.17. The van der Waals surface area contributed by atoms with E-state index in [4.69, 9.17) is 0 Å². The van der Waals surface area contributed by atoms with Gasteiger partial charge < -0.3 is 10.4 Å². The molecule has 1 aromatic carbocycles. The Labute approximate surface area is 136 Å². The summed E-state index contributed by atoms with van der Waals surface area (Å²) >= 11 is 0. The van der Waals surface area contributed by atoms with Gasteiger partial charge in [-0.25, -0.2) is 13.2 Å². The summed E-state index contributed by atoms with van der Waals surface area (Å²) in [4.78, 5) is 23.7. The summed E-state index contributed by atoms with van der Waals surface area (Å²) in [6, 6.07) is 3.38. The Morgan fingerprint density at radius 3 is 2.39 bits per heavy atom. The van der Waals surface area contributed by atoms with E-state index in [-0.39, 0.29) is 10.5 Å². The zero-order valence-electron chi connectivity index (χ0n) is 13.6. The molecule has 128 valence electrons. The number of aryl methyl sites for hydroxylation is 1. The maximum Gasteiger partial charge on any atom is 0.326 e. The predicted octanol–water partition coefficient (Wildman–Crippen LogP) is 2.03. The molecule has 0 aliphatic carbocycles. The summed E-state index contributed by atoms with van der Waals surface area (Å²) in [5.74, 6) is -1.65. The number of carbonyl (C=O) groups is 2. The molecule has 1 aromatic rings. The van der Waals surface area contributed by atoms with Crippen molar-refractivity contribution >= 4 is 21.7 Å². The molecule has 1 rings (SSSR count). The fraction of sp³-hybridized carbons (Fsp3) is 0.500. The molecule has 0 saturated heterocycles. The van der Waals surface area contributed by atoms with Crippen LogP contribution in [0.3, 0.4) is 0 Å². The third kappa shape index (κ3) is 5.35. The summed E-state index contributed by atoms with van der Waals surface area (Å²) in [6.07, 6.45) is 3.45. The highest BCUT2D eigenvalue weighted by Gasteiger charge is 2.22. The molecular weight excluding hydrogens is 318 g/mol. The van der Waals surface area contributed by atoms with Gasteiger partial charge >= 0.3 is 5.97 Å². The first kappa shape index (κ1) is 19.2. The minimum Gasteiger partial charge on any atom is -0.480 e. The van der Waals surface area contributed by atoms with Crippen molar-refractivity contribution in [3.8, 4) is 0 Å². The Balaban J connectivity index is 3.12. The Kier molecular flexibility index (Phi) is 6.75. The number of benzene rings is 1. The topological polar surface area (TPSA) is 101 Å². The van der Waals surface area contributed by atoms with E-state index in [1.54, 1.807) is 6.07 Å². The van der Waals surface area contributed by atoms with Crippen LogP contribution in [0.2, 0.25) is 0 Å². The van der Waals surface area contributed by atoms with Crippen molar-refractivity contribution in [2.24, 2.45) is 0 Å². The lowest BCUT2D eigenvalue weighted by Gasteiger charge is -2.16. The van der Waals surface area contributed by atoms with Crippen LogP contribution in [0.15, 0.2) is 23.1 Å². The number of nitrogens with one attached hydrogen (secondary N) is 1. The molecule has 0 aromatic heterocycles. The van der Waals surface area contributed by atoms with Crippen LogP contribution in [0.5, 0.6) is 0 Å². The molecule has 0 spiro atoms. The summed E-state index contributed by atoms with van der Waals surface area (Å²) in [6.45, 7) is 3.78. The largest absolute Gasteiger partial charge is 0.480 e. The molecule has 0 radical (unpaired) electrons. The monoisotopic (exact) mass is 341 g/mol. The van der Waals surface area contributed by atoms with Gasteiger partial charge in [-0.1, -0.05) is 32.8 Å². The molecule has 0 saturated carbocycles. The fourth-order valence-electron chi connectivity index (χ4n) is 2.21.